The van der Waals surface area contributed by atoms with Gasteiger partial charge < -0.3 is 15.1 Å². The molecule has 0 unspecified atom stereocenters. The third-order valence-electron chi connectivity index (χ3n) is 2.86. The Hall–Kier alpha value is -2.24. The van der Waals surface area contributed by atoms with Crippen molar-refractivity contribution in [3.8, 4) is 5.75 Å². The molecule has 110 valence electrons. The zero-order chi connectivity index (χ0) is 15.1. The van der Waals surface area contributed by atoms with Gasteiger partial charge in [-0.25, -0.2) is 4.79 Å². The lowest BCUT2D eigenvalue weighted by atomic mass is 10.2. The molecule has 2 N–H and O–H groups in total. The number of carboxylic acid groups (broad SMARTS) is 1. The molecule has 0 aliphatic rings. The molecule has 0 aliphatic heterocycles. The first-order valence-corrected chi connectivity index (χ1v) is 6.49. The molecule has 0 bridgehead atoms. The van der Waals surface area contributed by atoms with Crippen molar-refractivity contribution >= 4 is 17.7 Å². The number of anilines is 1. The van der Waals surface area contributed by atoms with Crippen molar-refractivity contribution in [2.24, 2.45) is 0 Å². The van der Waals surface area contributed by atoms with Crippen LogP contribution in [-0.4, -0.2) is 47.3 Å². The Morgan fingerprint density at radius 1 is 1.20 bits per heavy atom. The Balaban J connectivity index is 2.91. The summed E-state index contributed by atoms with van der Waals surface area (Å²) in [5, 5.41) is 18.2. The zero-order valence-electron chi connectivity index (χ0n) is 11.7. The number of aliphatic carboxylic acids is 1. The van der Waals surface area contributed by atoms with Crippen molar-refractivity contribution in [3.63, 3.8) is 0 Å². The maximum absolute atomic E-state index is 12.3. The molecule has 1 rings (SSSR count). The van der Waals surface area contributed by atoms with Gasteiger partial charge in [-0.3, -0.25) is 9.69 Å². The molecule has 0 fully saturated rings. The van der Waals surface area contributed by atoms with Gasteiger partial charge in [-0.2, -0.15) is 0 Å². The first-order valence-electron chi connectivity index (χ1n) is 6.49. The first-order chi connectivity index (χ1) is 9.45. The number of phenolic OH excluding ortho intramolecular Hbond substituents is 1. The zero-order valence-corrected chi connectivity index (χ0v) is 11.7. The first kappa shape index (κ1) is 15.8. The average molecular weight is 280 g/mol. The van der Waals surface area contributed by atoms with Crippen molar-refractivity contribution < 1.29 is 19.8 Å². The van der Waals surface area contributed by atoms with Gasteiger partial charge in [0.1, 0.15) is 12.3 Å². The number of unbranched alkanes of at least 4 members (excludes halogenated alkanes) is 1. The normalized spacial score (nSPS) is 10.1. The second-order valence-corrected chi connectivity index (χ2v) is 4.55. The number of phenols is 1. The number of rotatable bonds is 6. The summed E-state index contributed by atoms with van der Waals surface area (Å²) in [6.07, 6.45) is 1.81. The van der Waals surface area contributed by atoms with Gasteiger partial charge in [-0.05, 0) is 30.7 Å². The minimum absolute atomic E-state index is 0.0656. The molecule has 1 aromatic rings. The van der Waals surface area contributed by atoms with Gasteiger partial charge in [0.05, 0.1) is 0 Å². The van der Waals surface area contributed by atoms with E-state index in [4.69, 9.17) is 5.11 Å². The summed E-state index contributed by atoms with van der Waals surface area (Å²) in [4.78, 5) is 25.9. The second-order valence-electron chi connectivity index (χ2n) is 4.55. The van der Waals surface area contributed by atoms with Gasteiger partial charge in [0.25, 0.3) is 0 Å². The third kappa shape index (κ3) is 4.46. The highest BCUT2D eigenvalue weighted by atomic mass is 16.4. The van der Waals surface area contributed by atoms with E-state index in [-0.39, 0.29) is 11.8 Å². The fourth-order valence-corrected chi connectivity index (χ4v) is 1.73. The fraction of sp³-hybridized carbons (Fsp3) is 0.429. The van der Waals surface area contributed by atoms with Crippen molar-refractivity contribution in [3.05, 3.63) is 24.3 Å². The highest BCUT2D eigenvalue weighted by Gasteiger charge is 2.21. The summed E-state index contributed by atoms with van der Waals surface area (Å²) < 4.78 is 0. The number of urea groups is 1. The third-order valence-corrected chi connectivity index (χ3v) is 2.86. The quantitative estimate of drug-likeness (QED) is 0.836. The Morgan fingerprint density at radius 3 is 2.30 bits per heavy atom. The van der Waals surface area contributed by atoms with Crippen LogP contribution in [0, 0.1) is 0 Å². The van der Waals surface area contributed by atoms with Gasteiger partial charge in [0.2, 0.25) is 0 Å². The Bertz CT molecular complexity index is 459. The standard InChI is InChI=1S/C14H20N2O4/c1-3-4-9-15(2)14(20)16(10-13(18)19)11-5-7-12(17)8-6-11/h5-8,17H,3-4,9-10H2,1-2H3,(H,18,19). The van der Waals surface area contributed by atoms with Crippen LogP contribution >= 0.6 is 0 Å². The van der Waals surface area contributed by atoms with Crippen molar-refractivity contribution in [1.82, 2.24) is 4.90 Å². The molecule has 1 aromatic carbocycles. The van der Waals surface area contributed by atoms with E-state index in [9.17, 15) is 14.7 Å². The lowest BCUT2D eigenvalue weighted by Gasteiger charge is -2.27. The Morgan fingerprint density at radius 2 is 1.80 bits per heavy atom. The minimum atomic E-state index is -1.09. The molecule has 6 heteroatoms. The molecule has 0 radical (unpaired) electrons. The largest absolute Gasteiger partial charge is 0.508 e. The number of nitrogens with zero attached hydrogens (tertiary/aromatic N) is 2. The fourth-order valence-electron chi connectivity index (χ4n) is 1.73. The summed E-state index contributed by atoms with van der Waals surface area (Å²) in [5.41, 5.74) is 0.443. The number of carbonyl (C=O) groups excluding carboxylic acids is 1. The smallest absolute Gasteiger partial charge is 0.324 e. The highest BCUT2D eigenvalue weighted by Crippen LogP contribution is 2.19. The Kier molecular flexibility index (Phi) is 5.83. The van der Waals surface area contributed by atoms with E-state index in [1.165, 1.54) is 34.1 Å². The van der Waals surface area contributed by atoms with Gasteiger partial charge in [0.15, 0.2) is 0 Å². The van der Waals surface area contributed by atoms with E-state index >= 15 is 0 Å². The number of hydrogen-bond acceptors (Lipinski definition) is 3. The van der Waals surface area contributed by atoms with Crippen LogP contribution in [0.4, 0.5) is 10.5 Å². The monoisotopic (exact) mass is 280 g/mol. The lowest BCUT2D eigenvalue weighted by Crippen LogP contribution is -2.44. The van der Waals surface area contributed by atoms with Crippen LogP contribution in [0.15, 0.2) is 24.3 Å². The van der Waals surface area contributed by atoms with E-state index in [2.05, 4.69) is 0 Å². The SMILES string of the molecule is CCCCN(C)C(=O)N(CC(=O)O)c1ccc(O)cc1. The van der Waals surface area contributed by atoms with Crippen molar-refractivity contribution in [1.29, 1.82) is 0 Å². The summed E-state index contributed by atoms with van der Waals surface area (Å²) >= 11 is 0. The highest BCUT2D eigenvalue weighted by molar-refractivity contribution is 5.96. The summed E-state index contributed by atoms with van der Waals surface area (Å²) in [5.74, 6) is -1.02. The van der Waals surface area contributed by atoms with E-state index < -0.39 is 12.5 Å². The van der Waals surface area contributed by atoms with E-state index in [0.29, 0.717) is 12.2 Å². The number of aromatic hydroxyl groups is 1. The molecule has 0 atom stereocenters. The summed E-state index contributed by atoms with van der Waals surface area (Å²) in [6.45, 7) is 2.18. The van der Waals surface area contributed by atoms with Gasteiger partial charge in [-0.1, -0.05) is 13.3 Å². The maximum atomic E-state index is 12.3. The lowest BCUT2D eigenvalue weighted by molar-refractivity contribution is -0.135. The van der Waals surface area contributed by atoms with Crippen molar-refractivity contribution in [2.45, 2.75) is 19.8 Å². The van der Waals surface area contributed by atoms with Gasteiger partial charge in [-0.15, -0.1) is 0 Å². The van der Waals surface area contributed by atoms with Crippen LogP contribution in [0.2, 0.25) is 0 Å². The number of amides is 2. The molecule has 0 spiro atoms. The molecule has 6 nitrogen and oxygen atoms in total. The summed E-state index contributed by atoms with van der Waals surface area (Å²) in [6, 6.07) is 5.51. The predicted octanol–water partition coefficient (Wildman–Crippen LogP) is 2.14. The number of benzene rings is 1. The van der Waals surface area contributed by atoms with Crippen LogP contribution in [0.5, 0.6) is 5.75 Å². The van der Waals surface area contributed by atoms with E-state index in [1.54, 1.807) is 7.05 Å². The average Bonchev–Trinajstić information content (AvgIpc) is 2.42. The Labute approximate surface area is 118 Å². The number of hydrogen-bond donors (Lipinski definition) is 2. The number of carboxylic acids is 1. The van der Waals surface area contributed by atoms with Crippen LogP contribution < -0.4 is 4.90 Å². The van der Waals surface area contributed by atoms with Crippen molar-refractivity contribution in [2.75, 3.05) is 25.0 Å². The predicted molar refractivity (Wildman–Crippen MR) is 76.0 cm³/mol. The van der Waals surface area contributed by atoms with Gasteiger partial charge >= 0.3 is 12.0 Å². The van der Waals surface area contributed by atoms with Crippen LogP contribution in [0.1, 0.15) is 19.8 Å². The topological polar surface area (TPSA) is 81.1 Å². The molecule has 2 amide bonds. The molecule has 0 saturated carbocycles. The van der Waals surface area contributed by atoms with Crippen LogP contribution in [0.3, 0.4) is 0 Å². The molecular weight excluding hydrogens is 260 g/mol. The maximum Gasteiger partial charge on any atom is 0.324 e. The number of carbonyl (C=O) groups is 2. The molecular formula is C14H20N2O4. The molecule has 20 heavy (non-hydrogen) atoms. The van der Waals surface area contributed by atoms with Crippen LogP contribution in [-0.2, 0) is 4.79 Å². The van der Waals surface area contributed by atoms with Crippen LogP contribution in [0.25, 0.3) is 0 Å². The summed E-state index contributed by atoms with van der Waals surface area (Å²) in [7, 11) is 1.65. The van der Waals surface area contributed by atoms with E-state index in [0.717, 1.165) is 12.8 Å². The molecule has 0 aromatic heterocycles. The molecule has 0 aliphatic carbocycles. The second kappa shape index (κ2) is 7.37. The molecule has 0 saturated heterocycles. The van der Waals surface area contributed by atoms with Gasteiger partial charge in [0, 0.05) is 19.3 Å². The van der Waals surface area contributed by atoms with E-state index in [1.807, 2.05) is 6.92 Å². The minimum Gasteiger partial charge on any atom is -0.508 e. The molecule has 0 heterocycles.